The van der Waals surface area contributed by atoms with Gasteiger partial charge in [-0.25, -0.2) is 4.79 Å². The molecule has 4 heteroatoms. The van der Waals surface area contributed by atoms with Crippen molar-refractivity contribution in [2.45, 2.75) is 52.0 Å². The quantitative estimate of drug-likeness (QED) is 0.749. The highest BCUT2D eigenvalue weighted by Crippen LogP contribution is 2.40. The number of hydrogen-bond acceptors (Lipinski definition) is 2. The highest BCUT2D eigenvalue weighted by atomic mass is 16.2. The zero-order chi connectivity index (χ0) is 12.6. The Hall–Kier alpha value is -1.06. The lowest BCUT2D eigenvalue weighted by Crippen LogP contribution is -2.53. The van der Waals surface area contributed by atoms with Gasteiger partial charge in [-0.15, -0.1) is 0 Å². The van der Waals surface area contributed by atoms with E-state index in [1.807, 2.05) is 0 Å². The Morgan fingerprint density at radius 2 is 2.18 bits per heavy atom. The summed E-state index contributed by atoms with van der Waals surface area (Å²) in [6.45, 7) is 7.00. The Morgan fingerprint density at radius 1 is 1.47 bits per heavy atom. The molecule has 1 N–H and O–H groups in total. The van der Waals surface area contributed by atoms with Gasteiger partial charge in [-0.05, 0) is 24.7 Å². The van der Waals surface area contributed by atoms with Crippen LogP contribution >= 0.6 is 0 Å². The second-order valence-electron chi connectivity index (χ2n) is 6.00. The summed E-state index contributed by atoms with van der Waals surface area (Å²) in [4.78, 5) is 25.8. The topological polar surface area (TPSA) is 49.4 Å². The molecule has 96 valence electrons. The zero-order valence-corrected chi connectivity index (χ0v) is 11.0. The minimum absolute atomic E-state index is 0.0744. The van der Waals surface area contributed by atoms with E-state index in [0.29, 0.717) is 18.4 Å². The Kier molecular flexibility index (Phi) is 3.15. The highest BCUT2D eigenvalue weighted by molar-refractivity contribution is 6.07. The van der Waals surface area contributed by atoms with Gasteiger partial charge in [0.25, 0.3) is 5.91 Å². The van der Waals surface area contributed by atoms with Crippen molar-refractivity contribution in [2.24, 2.45) is 11.8 Å². The molecule has 0 bridgehead atoms. The molecule has 2 aliphatic rings. The third-order valence-corrected chi connectivity index (χ3v) is 3.93. The average Bonchev–Trinajstić information content (AvgIpc) is 2.43. The van der Waals surface area contributed by atoms with E-state index in [9.17, 15) is 9.59 Å². The predicted molar refractivity (Wildman–Crippen MR) is 65.4 cm³/mol. The van der Waals surface area contributed by atoms with Gasteiger partial charge < -0.3 is 4.90 Å². The molecule has 2 rings (SSSR count). The maximum absolute atomic E-state index is 12.1. The third kappa shape index (κ3) is 2.05. The van der Waals surface area contributed by atoms with Gasteiger partial charge in [0.1, 0.15) is 5.54 Å². The largest absolute Gasteiger partial charge is 0.325 e. The highest BCUT2D eigenvalue weighted by Gasteiger charge is 2.53. The molecule has 17 heavy (non-hydrogen) atoms. The maximum Gasteiger partial charge on any atom is 0.325 e. The lowest BCUT2D eigenvalue weighted by atomic mass is 9.75. The van der Waals surface area contributed by atoms with E-state index in [-0.39, 0.29) is 11.9 Å². The van der Waals surface area contributed by atoms with Crippen LogP contribution in [0, 0.1) is 11.8 Å². The molecule has 3 amide bonds. The number of nitrogens with zero attached hydrogens (tertiary/aromatic N) is 1. The van der Waals surface area contributed by atoms with Crippen molar-refractivity contribution >= 4 is 11.9 Å². The fourth-order valence-corrected chi connectivity index (χ4v) is 3.20. The molecule has 1 spiro atoms. The number of rotatable bonds is 2. The van der Waals surface area contributed by atoms with E-state index in [1.54, 1.807) is 4.90 Å². The van der Waals surface area contributed by atoms with Crippen LogP contribution in [0.4, 0.5) is 4.79 Å². The van der Waals surface area contributed by atoms with Gasteiger partial charge in [-0.2, -0.15) is 0 Å². The van der Waals surface area contributed by atoms with E-state index >= 15 is 0 Å². The first-order valence-corrected chi connectivity index (χ1v) is 6.59. The fraction of sp³-hybridized carbons (Fsp3) is 0.846. The number of carbonyl (C=O) groups is 2. The van der Waals surface area contributed by atoms with Crippen LogP contribution in [-0.4, -0.2) is 28.9 Å². The minimum Gasteiger partial charge on any atom is -0.309 e. The normalized spacial score (nSPS) is 33.6. The zero-order valence-electron chi connectivity index (χ0n) is 11.0. The smallest absolute Gasteiger partial charge is 0.309 e. The van der Waals surface area contributed by atoms with Crippen LogP contribution < -0.4 is 5.32 Å². The van der Waals surface area contributed by atoms with Gasteiger partial charge in [0, 0.05) is 6.54 Å². The van der Waals surface area contributed by atoms with Crippen LogP contribution in [0.15, 0.2) is 0 Å². The Balaban J connectivity index is 2.27. The van der Waals surface area contributed by atoms with Crippen molar-refractivity contribution in [2.75, 3.05) is 6.54 Å². The van der Waals surface area contributed by atoms with Crippen molar-refractivity contribution in [3.05, 3.63) is 0 Å². The first-order valence-electron chi connectivity index (χ1n) is 6.59. The van der Waals surface area contributed by atoms with Gasteiger partial charge >= 0.3 is 6.03 Å². The molecular formula is C13H22N2O2. The van der Waals surface area contributed by atoms with E-state index in [1.165, 1.54) is 6.42 Å². The predicted octanol–water partition coefficient (Wildman–Crippen LogP) is 2.14. The monoisotopic (exact) mass is 238 g/mol. The van der Waals surface area contributed by atoms with Crippen LogP contribution in [0.25, 0.3) is 0 Å². The fourth-order valence-electron chi connectivity index (χ4n) is 3.20. The molecule has 2 atom stereocenters. The molecule has 2 fully saturated rings. The van der Waals surface area contributed by atoms with Crippen molar-refractivity contribution in [3.8, 4) is 0 Å². The Morgan fingerprint density at radius 3 is 2.76 bits per heavy atom. The SMILES string of the molecule is CC(C)CN1C(=O)NC(=O)C12CCCC(C)C2. The number of imide groups is 1. The van der Waals surface area contributed by atoms with Crippen LogP contribution in [-0.2, 0) is 4.79 Å². The molecule has 1 heterocycles. The second-order valence-corrected chi connectivity index (χ2v) is 6.00. The molecule has 2 unspecified atom stereocenters. The molecule has 1 saturated heterocycles. The lowest BCUT2D eigenvalue weighted by molar-refractivity contribution is -0.129. The van der Waals surface area contributed by atoms with Gasteiger partial charge in [0.05, 0.1) is 0 Å². The van der Waals surface area contributed by atoms with Crippen molar-refractivity contribution < 1.29 is 9.59 Å². The third-order valence-electron chi connectivity index (χ3n) is 3.93. The van der Waals surface area contributed by atoms with Crippen LogP contribution in [0.3, 0.4) is 0 Å². The summed E-state index contributed by atoms with van der Waals surface area (Å²) in [5, 5.41) is 2.50. The molecule has 4 nitrogen and oxygen atoms in total. The summed E-state index contributed by atoms with van der Waals surface area (Å²) in [7, 11) is 0. The van der Waals surface area contributed by atoms with E-state index in [0.717, 1.165) is 19.3 Å². The summed E-state index contributed by atoms with van der Waals surface area (Å²) in [5.74, 6) is 0.838. The summed E-state index contributed by atoms with van der Waals surface area (Å²) in [5.41, 5.74) is -0.543. The van der Waals surface area contributed by atoms with Crippen LogP contribution in [0.5, 0.6) is 0 Å². The summed E-state index contributed by atoms with van der Waals surface area (Å²) in [6, 6.07) is -0.196. The number of amides is 3. The second kappa shape index (κ2) is 4.31. The Labute approximate surface area is 103 Å². The van der Waals surface area contributed by atoms with Gasteiger partial charge in [-0.3, -0.25) is 10.1 Å². The van der Waals surface area contributed by atoms with Crippen molar-refractivity contribution in [1.29, 1.82) is 0 Å². The number of hydrogen-bond donors (Lipinski definition) is 1. The summed E-state index contributed by atoms with van der Waals surface area (Å²) >= 11 is 0. The maximum atomic E-state index is 12.1. The molecule has 1 saturated carbocycles. The van der Waals surface area contributed by atoms with E-state index in [2.05, 4.69) is 26.1 Å². The average molecular weight is 238 g/mol. The molecule has 1 aliphatic carbocycles. The van der Waals surface area contributed by atoms with Gasteiger partial charge in [0.2, 0.25) is 0 Å². The molecule has 0 aromatic heterocycles. The van der Waals surface area contributed by atoms with E-state index < -0.39 is 5.54 Å². The van der Waals surface area contributed by atoms with Gasteiger partial charge in [-0.1, -0.05) is 33.6 Å². The van der Waals surface area contributed by atoms with Crippen molar-refractivity contribution in [3.63, 3.8) is 0 Å². The van der Waals surface area contributed by atoms with Crippen LogP contribution in [0.1, 0.15) is 46.5 Å². The molecule has 0 aromatic rings. The minimum atomic E-state index is -0.543. The van der Waals surface area contributed by atoms with Crippen molar-refractivity contribution in [1.82, 2.24) is 10.2 Å². The summed E-state index contributed by atoms with van der Waals surface area (Å²) in [6.07, 6.45) is 3.84. The number of urea groups is 1. The molecule has 0 aromatic carbocycles. The number of carbonyl (C=O) groups excluding carboxylic acids is 2. The Bertz CT molecular complexity index is 340. The number of nitrogens with one attached hydrogen (secondary N) is 1. The lowest BCUT2D eigenvalue weighted by Gasteiger charge is -2.41. The molecule has 1 aliphatic heterocycles. The molecule has 0 radical (unpaired) electrons. The summed E-state index contributed by atoms with van der Waals surface area (Å²) < 4.78 is 0. The van der Waals surface area contributed by atoms with Crippen LogP contribution in [0.2, 0.25) is 0 Å². The van der Waals surface area contributed by atoms with E-state index in [4.69, 9.17) is 0 Å². The first-order chi connectivity index (χ1) is 7.95. The standard InChI is InChI=1S/C13H22N2O2/c1-9(2)8-15-12(17)14-11(16)13(15)6-4-5-10(3)7-13/h9-10H,4-8H2,1-3H3,(H,14,16,17). The first kappa shape index (κ1) is 12.4. The van der Waals surface area contributed by atoms with Gasteiger partial charge in [0.15, 0.2) is 0 Å². The molecular weight excluding hydrogens is 216 g/mol.